The Hall–Kier alpha value is -3.40. The molecule has 0 atom stereocenters. The highest BCUT2D eigenvalue weighted by molar-refractivity contribution is 5.91. The molecule has 3 aromatic rings. The van der Waals surface area contributed by atoms with Gasteiger partial charge in [-0.25, -0.2) is 4.79 Å². The first-order chi connectivity index (χ1) is 16.7. The fourth-order valence-electron chi connectivity index (χ4n) is 4.59. The number of morpholine rings is 1. The van der Waals surface area contributed by atoms with Gasteiger partial charge in [-0.15, -0.1) is 0 Å². The number of anilines is 3. The van der Waals surface area contributed by atoms with E-state index in [1.54, 1.807) is 19.3 Å². The van der Waals surface area contributed by atoms with Crippen LogP contribution in [0.1, 0.15) is 43.1 Å². The van der Waals surface area contributed by atoms with Crippen molar-refractivity contribution in [3.05, 3.63) is 36.5 Å². The minimum atomic E-state index is -0.471. The van der Waals surface area contributed by atoms with E-state index in [2.05, 4.69) is 42.6 Å². The van der Waals surface area contributed by atoms with E-state index in [0.29, 0.717) is 18.7 Å². The highest BCUT2D eigenvalue weighted by atomic mass is 16.5. The molecule has 10 nitrogen and oxygen atoms in total. The second-order valence-corrected chi connectivity index (χ2v) is 8.61. The summed E-state index contributed by atoms with van der Waals surface area (Å²) in [6, 6.07) is 5.24. The van der Waals surface area contributed by atoms with E-state index in [0.717, 1.165) is 74.4 Å². The standard InChI is InChI=1S/C24H30N6O4/c1-2-33-23(31)21-15-34-24(29-21)28-17-5-3-16(4-6-17)27-20-14-18(30-9-11-32-12-10-30)13-19-22(20)26-8-7-25-19/h7-8,13-17,27H,2-6,9-12H2,1H3,(H,28,29). The van der Waals surface area contributed by atoms with Gasteiger partial charge in [-0.3, -0.25) is 9.97 Å². The third-order valence-electron chi connectivity index (χ3n) is 6.34. The summed E-state index contributed by atoms with van der Waals surface area (Å²) in [6.45, 7) is 5.30. The number of aromatic nitrogens is 3. The Kier molecular flexibility index (Phi) is 6.75. The molecular weight excluding hydrogens is 436 g/mol. The molecule has 5 rings (SSSR count). The molecule has 1 aliphatic carbocycles. The van der Waals surface area contributed by atoms with Crippen molar-refractivity contribution in [2.45, 2.75) is 44.7 Å². The fraction of sp³-hybridized carbons (Fsp3) is 0.500. The van der Waals surface area contributed by atoms with Gasteiger partial charge in [0, 0.05) is 43.3 Å². The molecule has 1 saturated carbocycles. The van der Waals surface area contributed by atoms with E-state index < -0.39 is 5.97 Å². The molecule has 2 fully saturated rings. The third kappa shape index (κ3) is 5.06. The van der Waals surface area contributed by atoms with Gasteiger partial charge < -0.3 is 29.4 Å². The number of carbonyl (C=O) groups is 1. The largest absolute Gasteiger partial charge is 0.461 e. The maximum atomic E-state index is 11.8. The zero-order valence-electron chi connectivity index (χ0n) is 19.3. The minimum absolute atomic E-state index is 0.188. The highest BCUT2D eigenvalue weighted by Crippen LogP contribution is 2.31. The van der Waals surface area contributed by atoms with Crippen LogP contribution in [0.5, 0.6) is 0 Å². The zero-order valence-corrected chi connectivity index (χ0v) is 19.3. The Morgan fingerprint density at radius 1 is 1.09 bits per heavy atom. The maximum Gasteiger partial charge on any atom is 0.360 e. The lowest BCUT2D eigenvalue weighted by Crippen LogP contribution is -2.36. The molecule has 0 amide bonds. The third-order valence-corrected chi connectivity index (χ3v) is 6.34. The number of hydrogen-bond acceptors (Lipinski definition) is 10. The molecule has 34 heavy (non-hydrogen) atoms. The molecule has 3 heterocycles. The second kappa shape index (κ2) is 10.3. The molecule has 10 heteroatoms. The van der Waals surface area contributed by atoms with Crippen molar-refractivity contribution < 1.29 is 18.7 Å². The van der Waals surface area contributed by atoms with Crippen LogP contribution in [0, 0.1) is 0 Å². The van der Waals surface area contributed by atoms with Gasteiger partial charge in [0.1, 0.15) is 11.8 Å². The van der Waals surface area contributed by atoms with E-state index in [9.17, 15) is 4.79 Å². The molecule has 1 aliphatic heterocycles. The Morgan fingerprint density at radius 3 is 2.59 bits per heavy atom. The number of benzene rings is 1. The van der Waals surface area contributed by atoms with Crippen LogP contribution in [0.25, 0.3) is 11.0 Å². The van der Waals surface area contributed by atoms with Gasteiger partial charge in [-0.1, -0.05) is 0 Å². The van der Waals surface area contributed by atoms with Gasteiger partial charge in [-0.05, 0) is 44.7 Å². The van der Waals surface area contributed by atoms with Crippen LogP contribution >= 0.6 is 0 Å². The summed E-state index contributed by atoms with van der Waals surface area (Å²) in [7, 11) is 0. The van der Waals surface area contributed by atoms with Crippen LogP contribution in [0.3, 0.4) is 0 Å². The van der Waals surface area contributed by atoms with Crippen molar-refractivity contribution in [3.63, 3.8) is 0 Å². The van der Waals surface area contributed by atoms with Crippen molar-refractivity contribution in [3.8, 4) is 0 Å². The summed E-state index contributed by atoms with van der Waals surface area (Å²) < 4.78 is 15.9. The average Bonchev–Trinajstić information content (AvgIpc) is 3.34. The Morgan fingerprint density at radius 2 is 1.82 bits per heavy atom. The first-order valence-electron chi connectivity index (χ1n) is 11.9. The quantitative estimate of drug-likeness (QED) is 0.502. The minimum Gasteiger partial charge on any atom is -0.461 e. The second-order valence-electron chi connectivity index (χ2n) is 8.61. The average molecular weight is 467 g/mol. The number of fused-ring (bicyclic) bond motifs is 1. The first-order valence-corrected chi connectivity index (χ1v) is 11.9. The van der Waals surface area contributed by atoms with Crippen LogP contribution in [0.4, 0.5) is 17.4 Å². The topological polar surface area (TPSA) is 115 Å². The number of esters is 1. The molecule has 2 N–H and O–H groups in total. The summed E-state index contributed by atoms with van der Waals surface area (Å²) in [5, 5.41) is 7.04. The Balaban J connectivity index is 1.22. The molecule has 1 aromatic carbocycles. The molecule has 0 unspecified atom stereocenters. The highest BCUT2D eigenvalue weighted by Gasteiger charge is 2.24. The lowest BCUT2D eigenvalue weighted by atomic mass is 9.91. The molecule has 0 radical (unpaired) electrons. The normalized spacial score (nSPS) is 20.8. The monoisotopic (exact) mass is 466 g/mol. The number of ether oxygens (including phenoxy) is 2. The molecular formula is C24H30N6O4. The van der Waals surface area contributed by atoms with E-state index in [4.69, 9.17) is 13.9 Å². The van der Waals surface area contributed by atoms with Gasteiger partial charge in [0.05, 0.1) is 31.0 Å². The fourth-order valence-corrected chi connectivity index (χ4v) is 4.59. The smallest absolute Gasteiger partial charge is 0.360 e. The summed E-state index contributed by atoms with van der Waals surface area (Å²) >= 11 is 0. The Bertz CT molecular complexity index is 1120. The number of oxazole rings is 1. The molecule has 1 saturated heterocycles. The lowest BCUT2D eigenvalue weighted by molar-refractivity contribution is 0.0519. The molecule has 180 valence electrons. The van der Waals surface area contributed by atoms with Gasteiger partial charge in [0.25, 0.3) is 6.01 Å². The summed E-state index contributed by atoms with van der Waals surface area (Å²) in [5.74, 6) is -0.471. The van der Waals surface area contributed by atoms with Crippen LogP contribution in [-0.4, -0.2) is 65.9 Å². The Labute approximate surface area is 198 Å². The molecule has 0 bridgehead atoms. The van der Waals surface area contributed by atoms with Gasteiger partial charge in [0.2, 0.25) is 0 Å². The lowest BCUT2D eigenvalue weighted by Gasteiger charge is -2.32. The van der Waals surface area contributed by atoms with Crippen LogP contribution in [0.15, 0.2) is 35.2 Å². The van der Waals surface area contributed by atoms with Crippen molar-refractivity contribution >= 4 is 34.4 Å². The van der Waals surface area contributed by atoms with Crippen LogP contribution < -0.4 is 15.5 Å². The summed E-state index contributed by atoms with van der Waals surface area (Å²) in [5.41, 5.74) is 4.15. The van der Waals surface area contributed by atoms with Crippen LogP contribution in [0.2, 0.25) is 0 Å². The SMILES string of the molecule is CCOC(=O)c1coc(NC2CCC(Nc3cc(N4CCOCC4)cc4nccnc34)CC2)n1. The summed E-state index contributed by atoms with van der Waals surface area (Å²) in [6.07, 6.45) is 8.72. The molecule has 0 spiro atoms. The maximum absolute atomic E-state index is 11.8. The van der Waals surface area contributed by atoms with Gasteiger partial charge in [-0.2, -0.15) is 4.98 Å². The predicted molar refractivity (Wildman–Crippen MR) is 128 cm³/mol. The zero-order chi connectivity index (χ0) is 23.3. The van der Waals surface area contributed by atoms with E-state index >= 15 is 0 Å². The number of nitrogens with one attached hydrogen (secondary N) is 2. The van der Waals surface area contributed by atoms with E-state index in [-0.39, 0.29) is 11.7 Å². The van der Waals surface area contributed by atoms with Crippen molar-refractivity contribution in [1.29, 1.82) is 0 Å². The van der Waals surface area contributed by atoms with Crippen molar-refractivity contribution in [2.75, 3.05) is 48.4 Å². The number of hydrogen-bond donors (Lipinski definition) is 2. The van der Waals surface area contributed by atoms with Crippen molar-refractivity contribution in [1.82, 2.24) is 15.0 Å². The van der Waals surface area contributed by atoms with Gasteiger partial charge in [0.15, 0.2) is 5.69 Å². The van der Waals surface area contributed by atoms with E-state index in [1.807, 2.05) is 0 Å². The summed E-state index contributed by atoms with van der Waals surface area (Å²) in [4.78, 5) is 27.5. The van der Waals surface area contributed by atoms with E-state index in [1.165, 1.54) is 6.26 Å². The first kappa shape index (κ1) is 22.4. The van der Waals surface area contributed by atoms with Gasteiger partial charge >= 0.3 is 5.97 Å². The van der Waals surface area contributed by atoms with Crippen molar-refractivity contribution in [2.24, 2.45) is 0 Å². The molecule has 2 aliphatic rings. The molecule has 2 aromatic heterocycles. The predicted octanol–water partition coefficient (Wildman–Crippen LogP) is 3.47. The number of rotatable bonds is 7. The number of nitrogens with zero attached hydrogens (tertiary/aromatic N) is 4. The number of carbonyl (C=O) groups excluding carboxylic acids is 1. The van der Waals surface area contributed by atoms with Crippen LogP contribution in [-0.2, 0) is 9.47 Å².